The Bertz CT molecular complexity index is 1790. The smallest absolute Gasteiger partial charge is 0.358 e. The molecule has 1 aliphatic heterocycles. The molecule has 6 rings (SSSR count). The van der Waals surface area contributed by atoms with Crippen molar-refractivity contribution in [2.24, 2.45) is 5.41 Å². The molecule has 1 aromatic heterocycles. The number of phenols is 2. The van der Waals surface area contributed by atoms with Crippen LogP contribution in [0.3, 0.4) is 0 Å². The van der Waals surface area contributed by atoms with Gasteiger partial charge in [0.05, 0.1) is 36.5 Å². The number of methoxy groups -OCH3 is 1. The summed E-state index contributed by atoms with van der Waals surface area (Å²) >= 11 is 0. The van der Waals surface area contributed by atoms with Gasteiger partial charge in [-0.15, -0.1) is 4.73 Å². The summed E-state index contributed by atoms with van der Waals surface area (Å²) in [5.41, 5.74) is -0.920. The summed E-state index contributed by atoms with van der Waals surface area (Å²) in [6.45, 7) is 1.01. The molecule has 0 amide bonds. The van der Waals surface area contributed by atoms with E-state index in [0.29, 0.717) is 36.0 Å². The van der Waals surface area contributed by atoms with E-state index in [0.717, 1.165) is 12.1 Å². The van der Waals surface area contributed by atoms with Crippen molar-refractivity contribution in [3.63, 3.8) is 0 Å². The highest BCUT2D eigenvalue weighted by molar-refractivity contribution is 6.31. The predicted octanol–water partition coefficient (Wildman–Crippen LogP) is 2.74. The zero-order valence-corrected chi connectivity index (χ0v) is 26.3. The summed E-state index contributed by atoms with van der Waals surface area (Å²) in [6, 6.07) is 6.88. The minimum Gasteiger partial charge on any atom is -0.507 e. The van der Waals surface area contributed by atoms with Crippen LogP contribution in [0.2, 0.25) is 0 Å². The number of ketones is 3. The van der Waals surface area contributed by atoms with Crippen LogP contribution in [0.15, 0.2) is 30.3 Å². The van der Waals surface area contributed by atoms with Gasteiger partial charge in [-0.25, -0.2) is 4.79 Å². The number of aromatic hydroxyl groups is 4. The fourth-order valence-electron chi connectivity index (χ4n) is 6.58. The third kappa shape index (κ3) is 5.86. The number of hydrogen-bond acceptors (Lipinski definition) is 13. The van der Waals surface area contributed by atoms with Gasteiger partial charge in [-0.3, -0.25) is 14.4 Å². The average molecular weight is 666 g/mol. The highest BCUT2D eigenvalue weighted by Gasteiger charge is 2.44. The maximum atomic E-state index is 13.5. The standard InChI is InChI=1S/C34H35NO13/c1-34(22(36)15-46-26-8-3-5-17(47-26)14-45-16-25(39)48-35-23(37)9-10-24(35)38)12-11-18-20(13-34)32(42)28-29(30(18)40)33(43)27-19(31(28)41)6-4-7-21(27)44-2/h4,6-7,9-10,17,26,37-38,40,42H,3,5,8,11-16H2,1-2H3. The summed E-state index contributed by atoms with van der Waals surface area (Å²) in [5, 5.41) is 41.8. The van der Waals surface area contributed by atoms with Crippen LogP contribution in [0.1, 0.15) is 75.6 Å². The van der Waals surface area contributed by atoms with E-state index in [1.165, 1.54) is 13.2 Å². The highest BCUT2D eigenvalue weighted by Crippen LogP contribution is 2.49. The first kappa shape index (κ1) is 33.0. The Morgan fingerprint density at radius 3 is 2.38 bits per heavy atom. The molecule has 3 unspecified atom stereocenters. The van der Waals surface area contributed by atoms with E-state index < -0.39 is 59.5 Å². The first-order valence-corrected chi connectivity index (χ1v) is 15.5. The number of nitrogens with zero attached hydrogens (tertiary/aromatic N) is 1. The van der Waals surface area contributed by atoms with Crippen molar-refractivity contribution >= 4 is 23.3 Å². The molecule has 1 fully saturated rings. The molecule has 0 bridgehead atoms. The Hall–Kier alpha value is -4.92. The minimum absolute atomic E-state index is 0.0142. The second kappa shape index (κ2) is 12.9. The summed E-state index contributed by atoms with van der Waals surface area (Å²) < 4.78 is 23.0. The number of ether oxygens (including phenoxy) is 4. The van der Waals surface area contributed by atoms with Crippen molar-refractivity contribution in [1.82, 2.24) is 4.73 Å². The molecule has 2 aliphatic carbocycles. The lowest BCUT2D eigenvalue weighted by Crippen LogP contribution is -2.40. The maximum absolute atomic E-state index is 13.5. The molecule has 4 N–H and O–H groups in total. The molecule has 3 atom stereocenters. The van der Waals surface area contributed by atoms with Crippen LogP contribution < -0.4 is 9.57 Å². The monoisotopic (exact) mass is 665 g/mol. The van der Waals surface area contributed by atoms with Gasteiger partial charge in [0.25, 0.3) is 0 Å². The number of fused-ring (bicyclic) bond motifs is 3. The summed E-state index contributed by atoms with van der Waals surface area (Å²) in [5.74, 6) is -3.89. The molecule has 1 saturated heterocycles. The van der Waals surface area contributed by atoms with Gasteiger partial charge in [0.15, 0.2) is 17.9 Å². The quantitative estimate of drug-likeness (QED) is 0.180. The van der Waals surface area contributed by atoms with Gasteiger partial charge >= 0.3 is 5.97 Å². The maximum Gasteiger partial charge on any atom is 0.358 e. The van der Waals surface area contributed by atoms with Crippen LogP contribution in [0, 0.1) is 5.41 Å². The Morgan fingerprint density at radius 2 is 1.65 bits per heavy atom. The number of aromatic nitrogens is 1. The highest BCUT2D eigenvalue weighted by atomic mass is 16.7. The molecule has 0 saturated carbocycles. The third-order valence-corrected chi connectivity index (χ3v) is 9.22. The van der Waals surface area contributed by atoms with Crippen LogP contribution in [-0.4, -0.2) is 87.8 Å². The summed E-state index contributed by atoms with van der Waals surface area (Å²) in [6.07, 6.45) is 1.23. The van der Waals surface area contributed by atoms with Crippen molar-refractivity contribution in [2.75, 3.05) is 26.9 Å². The Morgan fingerprint density at radius 1 is 0.938 bits per heavy atom. The van der Waals surface area contributed by atoms with Crippen LogP contribution in [0.4, 0.5) is 0 Å². The third-order valence-electron chi connectivity index (χ3n) is 9.22. The first-order chi connectivity index (χ1) is 22.9. The van der Waals surface area contributed by atoms with Gasteiger partial charge in [0, 0.05) is 34.2 Å². The van der Waals surface area contributed by atoms with E-state index in [1.54, 1.807) is 19.1 Å². The number of carbonyl (C=O) groups is 4. The number of rotatable bonds is 10. The lowest BCUT2D eigenvalue weighted by molar-refractivity contribution is -0.207. The second-order valence-corrected chi connectivity index (χ2v) is 12.4. The Labute approximate surface area is 274 Å². The molecule has 2 heterocycles. The number of carbonyl (C=O) groups excluding carboxylic acids is 4. The largest absolute Gasteiger partial charge is 0.507 e. The molecular formula is C34H35NO13. The minimum atomic E-state index is -1.01. The number of Topliss-reactive ketones (excluding diaryl/α,β-unsaturated/α-hetero) is 1. The molecule has 0 spiro atoms. The van der Waals surface area contributed by atoms with Crippen LogP contribution in [0.5, 0.6) is 29.0 Å². The van der Waals surface area contributed by atoms with E-state index in [2.05, 4.69) is 0 Å². The average Bonchev–Trinajstić information content (AvgIpc) is 3.39. The van der Waals surface area contributed by atoms with Crippen molar-refractivity contribution < 1.29 is 63.4 Å². The topological polar surface area (TPSA) is 200 Å². The summed E-state index contributed by atoms with van der Waals surface area (Å²) in [7, 11) is 1.37. The van der Waals surface area contributed by atoms with Gasteiger partial charge < -0.3 is 44.2 Å². The fraction of sp³-hybridized carbons (Fsp3) is 0.412. The number of hydrogen-bond donors (Lipinski definition) is 4. The van der Waals surface area contributed by atoms with Gasteiger partial charge in [0.1, 0.15) is 30.5 Å². The predicted molar refractivity (Wildman–Crippen MR) is 163 cm³/mol. The lowest BCUT2D eigenvalue weighted by atomic mass is 9.68. The van der Waals surface area contributed by atoms with Crippen molar-refractivity contribution in [3.8, 4) is 29.0 Å². The van der Waals surface area contributed by atoms with Gasteiger partial charge in [-0.2, -0.15) is 0 Å². The SMILES string of the molecule is COc1cccc2c1C(=O)c1c(O)c3c(c(O)c1C2=O)CC(C)(C(=O)COC1CCCC(COCC(=O)On2c(O)ccc2O)O1)CC3. The van der Waals surface area contributed by atoms with Crippen LogP contribution in [0.25, 0.3) is 0 Å². The fourth-order valence-corrected chi connectivity index (χ4v) is 6.58. The summed E-state index contributed by atoms with van der Waals surface area (Å²) in [4.78, 5) is 57.4. The van der Waals surface area contributed by atoms with Crippen molar-refractivity contribution in [2.45, 2.75) is 57.8 Å². The first-order valence-electron chi connectivity index (χ1n) is 15.5. The Balaban J connectivity index is 1.07. The normalized spacial score (nSPS) is 21.6. The molecule has 254 valence electrons. The molecule has 14 nitrogen and oxygen atoms in total. The Kier molecular flexibility index (Phi) is 8.90. The molecular weight excluding hydrogens is 630 g/mol. The van der Waals surface area contributed by atoms with Gasteiger partial charge in [-0.1, -0.05) is 19.1 Å². The zero-order valence-electron chi connectivity index (χ0n) is 26.3. The second-order valence-electron chi connectivity index (χ2n) is 12.4. The van der Waals surface area contributed by atoms with Crippen molar-refractivity contribution in [1.29, 1.82) is 0 Å². The van der Waals surface area contributed by atoms with E-state index >= 15 is 0 Å². The number of phenolic OH excluding ortho intramolecular Hbond substituents is 2. The van der Waals surface area contributed by atoms with E-state index in [4.69, 9.17) is 23.8 Å². The molecule has 3 aromatic rings. The van der Waals surface area contributed by atoms with E-state index in [-0.39, 0.29) is 71.2 Å². The molecule has 2 aromatic carbocycles. The van der Waals surface area contributed by atoms with Crippen molar-refractivity contribution in [3.05, 3.63) is 63.7 Å². The van der Waals surface area contributed by atoms with E-state index in [1.807, 2.05) is 0 Å². The lowest BCUT2D eigenvalue weighted by Gasteiger charge is -2.36. The zero-order chi connectivity index (χ0) is 34.3. The van der Waals surface area contributed by atoms with Gasteiger partial charge in [-0.05, 0) is 44.6 Å². The molecule has 3 aliphatic rings. The van der Waals surface area contributed by atoms with E-state index in [9.17, 15) is 39.6 Å². The van der Waals surface area contributed by atoms with Crippen LogP contribution >= 0.6 is 0 Å². The van der Waals surface area contributed by atoms with Crippen LogP contribution in [-0.2, 0) is 36.6 Å². The van der Waals surface area contributed by atoms with Gasteiger partial charge in [0.2, 0.25) is 17.5 Å². The molecule has 14 heteroatoms. The molecule has 0 radical (unpaired) electrons. The molecule has 48 heavy (non-hydrogen) atoms. The number of benzene rings is 2.